The van der Waals surface area contributed by atoms with E-state index in [9.17, 15) is 6.85 Å². The maximum Gasteiger partial charge on any atom is 0.159 e. The predicted molar refractivity (Wildman–Crippen MR) is 213 cm³/mol. The molecule has 3 heterocycles. The molecule has 8 aromatic carbocycles. The summed E-state index contributed by atoms with van der Waals surface area (Å²) in [7, 11) is 0. The lowest BCUT2D eigenvalue weighted by atomic mass is 10.0. The van der Waals surface area contributed by atoms with Crippen molar-refractivity contribution < 1.29 is 14.0 Å². The van der Waals surface area contributed by atoms with Gasteiger partial charge in [-0.25, -0.2) is 0 Å². The van der Waals surface area contributed by atoms with Gasteiger partial charge in [-0.1, -0.05) is 127 Å². The lowest BCUT2D eigenvalue weighted by molar-refractivity contribution is 0.666. The quantitative estimate of drug-likeness (QED) is 0.185. The molecular formula is C48H30N2O. The minimum Gasteiger partial charge on any atom is -0.454 e. The summed E-state index contributed by atoms with van der Waals surface area (Å²) < 4.78 is 75.0. The number of hydrogen-bond donors (Lipinski definition) is 0. The van der Waals surface area contributed by atoms with Gasteiger partial charge in [0.15, 0.2) is 5.58 Å². The molecule has 0 saturated carbocycles. The Labute approximate surface area is 303 Å². The molecule has 0 aliphatic rings. The van der Waals surface area contributed by atoms with Gasteiger partial charge in [-0.05, 0) is 71.2 Å². The fourth-order valence-corrected chi connectivity index (χ4v) is 7.73. The van der Waals surface area contributed by atoms with Gasteiger partial charge in [0, 0.05) is 37.9 Å². The van der Waals surface area contributed by atoms with E-state index in [4.69, 9.17) is 7.16 Å². The first-order chi connectivity index (χ1) is 28.2. The minimum atomic E-state index is -0.439. The average Bonchev–Trinajstić information content (AvgIpc) is 3.93. The molecule has 0 fully saturated rings. The van der Waals surface area contributed by atoms with Crippen molar-refractivity contribution >= 4 is 65.6 Å². The van der Waals surface area contributed by atoms with Gasteiger partial charge >= 0.3 is 0 Å². The van der Waals surface area contributed by atoms with Crippen molar-refractivity contribution in [2.24, 2.45) is 0 Å². The van der Waals surface area contributed by atoms with Gasteiger partial charge < -0.3 is 13.6 Å². The van der Waals surface area contributed by atoms with Gasteiger partial charge in [-0.2, -0.15) is 0 Å². The molecule has 0 radical (unpaired) electrons. The molecule has 11 aromatic rings. The third kappa shape index (κ3) is 4.12. The SMILES string of the molecule is [2H]c1c([2H])c([2H])c2c(c1[2H])c1c([2H])c(-c3ccc4c(c3)c3ccccc3n4-c3ccccc3-c3ccccc3)c([2H])c([2H])c1n2-c1cccc2c1oc1ccccc12. The van der Waals surface area contributed by atoms with Crippen LogP contribution in [0, 0.1) is 0 Å². The first-order valence-electron chi connectivity index (χ1n) is 20.4. The molecule has 0 aliphatic heterocycles. The van der Waals surface area contributed by atoms with Crippen LogP contribution in [0.25, 0.3) is 99.2 Å². The second-order valence-electron chi connectivity index (χ2n) is 12.8. The van der Waals surface area contributed by atoms with E-state index in [-0.39, 0.29) is 57.6 Å². The number of fused-ring (bicyclic) bond motifs is 9. The topological polar surface area (TPSA) is 23.0 Å². The second-order valence-corrected chi connectivity index (χ2v) is 12.8. The highest BCUT2D eigenvalue weighted by Crippen LogP contribution is 2.41. The Morgan fingerprint density at radius 1 is 0.412 bits per heavy atom. The summed E-state index contributed by atoms with van der Waals surface area (Å²) in [5, 5.41) is 3.84. The standard InChI is InChI=1S/C48H30N2O/c1-2-13-31(14-3-1)34-15-4-8-20-41(34)49-42-21-9-5-16-35(42)39-29-32(25-27-44(39)49)33-26-28-45-40(30-33)36-17-6-10-22-43(36)50(45)46-23-12-19-38-37-18-7-11-24-47(37)51-48(38)46/h1-30H/i6D,10D,17D,22D,26D,28D,30D. The van der Waals surface area contributed by atoms with Gasteiger partial charge in [-0.3, -0.25) is 0 Å². The molecule has 3 aromatic heterocycles. The molecule has 0 unspecified atom stereocenters. The van der Waals surface area contributed by atoms with Crippen LogP contribution in [0.15, 0.2) is 186 Å². The van der Waals surface area contributed by atoms with Crippen molar-refractivity contribution in [2.75, 3.05) is 0 Å². The fraction of sp³-hybridized carbons (Fsp3) is 0. The van der Waals surface area contributed by atoms with Gasteiger partial charge in [0.05, 0.1) is 43.0 Å². The van der Waals surface area contributed by atoms with E-state index in [0.29, 0.717) is 22.4 Å². The minimum absolute atomic E-state index is 0.0981. The van der Waals surface area contributed by atoms with Crippen LogP contribution in [-0.2, 0) is 0 Å². The Balaban J connectivity index is 1.22. The first-order valence-corrected chi connectivity index (χ1v) is 16.9. The summed E-state index contributed by atoms with van der Waals surface area (Å²) >= 11 is 0. The normalized spacial score (nSPS) is 13.8. The van der Waals surface area contributed by atoms with E-state index in [1.165, 1.54) is 0 Å². The largest absolute Gasteiger partial charge is 0.454 e. The Bertz CT molecular complexity index is 3550. The highest BCUT2D eigenvalue weighted by atomic mass is 16.3. The molecule has 0 bridgehead atoms. The molecule has 0 aliphatic carbocycles. The molecule has 3 nitrogen and oxygen atoms in total. The number of para-hydroxylation sites is 5. The zero-order valence-corrected chi connectivity index (χ0v) is 27.1. The fourth-order valence-electron chi connectivity index (χ4n) is 7.73. The number of aromatic nitrogens is 2. The summed E-state index contributed by atoms with van der Waals surface area (Å²) in [6.45, 7) is 0. The van der Waals surface area contributed by atoms with Crippen LogP contribution < -0.4 is 0 Å². The lowest BCUT2D eigenvalue weighted by Crippen LogP contribution is -1.97. The van der Waals surface area contributed by atoms with Gasteiger partial charge in [0.25, 0.3) is 0 Å². The van der Waals surface area contributed by atoms with Crippen LogP contribution in [0.1, 0.15) is 9.60 Å². The molecule has 238 valence electrons. The Hall–Kier alpha value is -6.84. The zero-order valence-electron chi connectivity index (χ0n) is 34.1. The van der Waals surface area contributed by atoms with Crippen molar-refractivity contribution in [2.45, 2.75) is 0 Å². The van der Waals surface area contributed by atoms with Crippen LogP contribution in [0.4, 0.5) is 0 Å². The maximum absolute atomic E-state index is 9.85. The summed E-state index contributed by atoms with van der Waals surface area (Å²) in [4.78, 5) is 0. The summed E-state index contributed by atoms with van der Waals surface area (Å²) in [6, 6.07) is 43.7. The highest BCUT2D eigenvalue weighted by molar-refractivity contribution is 6.14. The summed E-state index contributed by atoms with van der Waals surface area (Å²) in [5.74, 6) is 0. The smallest absolute Gasteiger partial charge is 0.159 e. The number of rotatable bonds is 4. The number of benzene rings is 8. The van der Waals surface area contributed by atoms with E-state index in [2.05, 4.69) is 41.0 Å². The Morgan fingerprint density at radius 2 is 1.12 bits per heavy atom. The van der Waals surface area contributed by atoms with Crippen molar-refractivity contribution in [3.63, 3.8) is 0 Å². The van der Waals surface area contributed by atoms with Crippen molar-refractivity contribution in [3.05, 3.63) is 182 Å². The number of nitrogens with zero attached hydrogens (tertiary/aromatic N) is 2. The van der Waals surface area contributed by atoms with Gasteiger partial charge in [-0.15, -0.1) is 0 Å². The third-order valence-electron chi connectivity index (χ3n) is 9.97. The molecule has 0 atom stereocenters. The van der Waals surface area contributed by atoms with Crippen LogP contribution in [0.2, 0.25) is 0 Å². The zero-order chi connectivity index (χ0) is 39.6. The lowest BCUT2D eigenvalue weighted by Gasteiger charge is -2.14. The molecule has 3 heteroatoms. The average molecular weight is 658 g/mol. The molecule has 51 heavy (non-hydrogen) atoms. The molecule has 0 N–H and O–H groups in total. The second kappa shape index (κ2) is 10.8. The van der Waals surface area contributed by atoms with Crippen molar-refractivity contribution in [1.29, 1.82) is 0 Å². The number of hydrogen-bond acceptors (Lipinski definition) is 1. The van der Waals surface area contributed by atoms with Crippen LogP contribution in [-0.4, -0.2) is 9.13 Å². The van der Waals surface area contributed by atoms with Crippen molar-refractivity contribution in [3.8, 4) is 33.6 Å². The van der Waals surface area contributed by atoms with E-state index >= 15 is 0 Å². The summed E-state index contributed by atoms with van der Waals surface area (Å²) in [6.07, 6.45) is 0. The van der Waals surface area contributed by atoms with E-state index in [1.807, 2.05) is 97.1 Å². The molecule has 0 saturated heterocycles. The summed E-state index contributed by atoms with van der Waals surface area (Å²) in [5.41, 5.74) is 7.66. The molecular weight excluding hydrogens is 621 g/mol. The van der Waals surface area contributed by atoms with Gasteiger partial charge in [0.1, 0.15) is 5.58 Å². The Kier molecular flexibility index (Phi) is 4.67. The van der Waals surface area contributed by atoms with Crippen LogP contribution >= 0.6 is 0 Å². The predicted octanol–water partition coefficient (Wildman–Crippen LogP) is 13.1. The molecule has 11 rings (SSSR count). The highest BCUT2D eigenvalue weighted by Gasteiger charge is 2.19. The van der Waals surface area contributed by atoms with Crippen molar-refractivity contribution in [1.82, 2.24) is 9.13 Å². The maximum atomic E-state index is 9.85. The van der Waals surface area contributed by atoms with Crippen LogP contribution in [0.5, 0.6) is 0 Å². The van der Waals surface area contributed by atoms with Gasteiger partial charge in [0.2, 0.25) is 0 Å². The molecule has 0 spiro atoms. The van der Waals surface area contributed by atoms with Crippen LogP contribution in [0.3, 0.4) is 0 Å². The van der Waals surface area contributed by atoms with E-state index in [1.54, 1.807) is 10.6 Å². The molecule has 0 amide bonds. The van der Waals surface area contributed by atoms with E-state index < -0.39 is 12.1 Å². The van der Waals surface area contributed by atoms with E-state index in [0.717, 1.165) is 49.4 Å². The number of furan rings is 1. The first kappa shape index (κ1) is 22.0. The third-order valence-corrected chi connectivity index (χ3v) is 9.97. The monoisotopic (exact) mass is 657 g/mol. The Morgan fingerprint density at radius 3 is 2.06 bits per heavy atom.